The van der Waals surface area contributed by atoms with Gasteiger partial charge in [0.25, 0.3) is 5.91 Å². The van der Waals surface area contributed by atoms with E-state index in [0.717, 1.165) is 0 Å². The van der Waals surface area contributed by atoms with Gasteiger partial charge in [-0.15, -0.1) is 0 Å². The lowest BCUT2D eigenvalue weighted by molar-refractivity contribution is 0.101. The van der Waals surface area contributed by atoms with E-state index >= 15 is 0 Å². The predicted molar refractivity (Wildman–Crippen MR) is 100 cm³/mol. The highest BCUT2D eigenvalue weighted by Gasteiger charge is 2.10. The summed E-state index contributed by atoms with van der Waals surface area (Å²) in [5.74, 6) is -0.368. The van der Waals surface area contributed by atoms with Crippen molar-refractivity contribution in [1.29, 1.82) is 0 Å². The zero-order valence-electron chi connectivity index (χ0n) is 14.6. The lowest BCUT2D eigenvalue weighted by atomic mass is 10.1. The van der Waals surface area contributed by atoms with Crippen molar-refractivity contribution >= 4 is 23.2 Å². The minimum absolute atomic E-state index is 0.0470. The monoisotopic (exact) mass is 364 g/mol. The zero-order valence-corrected chi connectivity index (χ0v) is 14.6. The molecule has 2 aromatic carbocycles. The highest BCUT2D eigenvalue weighted by atomic mass is 19.1. The number of hydrogen-bond acceptors (Lipinski definition) is 5. The molecule has 136 valence electrons. The topological polar surface area (TPSA) is 84.0 Å². The average Bonchev–Trinajstić information content (AvgIpc) is 2.68. The van der Waals surface area contributed by atoms with Gasteiger partial charge in [-0.05, 0) is 37.3 Å². The number of nitrogens with one attached hydrogen (secondary N) is 2. The number of aromatic nitrogens is 2. The van der Waals surface area contributed by atoms with Gasteiger partial charge in [-0.25, -0.2) is 14.4 Å². The van der Waals surface area contributed by atoms with Crippen LogP contribution in [0.5, 0.6) is 0 Å². The van der Waals surface area contributed by atoms with Gasteiger partial charge in [-0.2, -0.15) is 0 Å². The number of amides is 1. The predicted octanol–water partition coefficient (Wildman–Crippen LogP) is 3.68. The summed E-state index contributed by atoms with van der Waals surface area (Å²) < 4.78 is 13.7. The van der Waals surface area contributed by atoms with E-state index in [1.54, 1.807) is 42.5 Å². The molecule has 1 aromatic heterocycles. The van der Waals surface area contributed by atoms with Crippen LogP contribution in [0.1, 0.15) is 33.3 Å². The van der Waals surface area contributed by atoms with E-state index in [1.165, 1.54) is 25.4 Å². The fourth-order valence-corrected chi connectivity index (χ4v) is 2.39. The second-order valence-corrected chi connectivity index (χ2v) is 5.82. The summed E-state index contributed by atoms with van der Waals surface area (Å²) in [4.78, 5) is 31.7. The summed E-state index contributed by atoms with van der Waals surface area (Å²) in [5.41, 5.74) is 1.77. The molecule has 0 spiro atoms. The lowest BCUT2D eigenvalue weighted by Crippen LogP contribution is -2.15. The minimum Gasteiger partial charge on any atom is -0.366 e. The van der Waals surface area contributed by atoms with Crippen LogP contribution in [-0.4, -0.2) is 21.7 Å². The summed E-state index contributed by atoms with van der Waals surface area (Å²) in [7, 11) is 0. The highest BCUT2D eigenvalue weighted by molar-refractivity contribution is 6.03. The Kier molecular flexibility index (Phi) is 5.51. The van der Waals surface area contributed by atoms with Crippen LogP contribution < -0.4 is 10.6 Å². The molecule has 0 atom stereocenters. The molecule has 0 aliphatic carbocycles. The van der Waals surface area contributed by atoms with Crippen LogP contribution >= 0.6 is 0 Å². The van der Waals surface area contributed by atoms with Crippen LogP contribution in [0, 0.1) is 5.82 Å². The normalized spacial score (nSPS) is 10.3. The first kappa shape index (κ1) is 18.2. The molecule has 27 heavy (non-hydrogen) atoms. The fraction of sp³-hybridized carbons (Fsp3) is 0.100. The van der Waals surface area contributed by atoms with Crippen molar-refractivity contribution in [3.8, 4) is 0 Å². The Morgan fingerprint density at radius 2 is 1.78 bits per heavy atom. The van der Waals surface area contributed by atoms with Gasteiger partial charge >= 0.3 is 0 Å². The van der Waals surface area contributed by atoms with Gasteiger partial charge in [0.2, 0.25) is 0 Å². The third-order valence-corrected chi connectivity index (χ3v) is 3.87. The molecule has 0 saturated heterocycles. The van der Waals surface area contributed by atoms with Crippen molar-refractivity contribution in [3.05, 3.63) is 83.6 Å². The maximum atomic E-state index is 13.7. The van der Waals surface area contributed by atoms with E-state index in [4.69, 9.17) is 0 Å². The first-order chi connectivity index (χ1) is 13.0. The van der Waals surface area contributed by atoms with Gasteiger partial charge in [-0.3, -0.25) is 9.59 Å². The molecule has 3 aromatic rings. The number of hydrogen-bond donors (Lipinski definition) is 2. The first-order valence-electron chi connectivity index (χ1n) is 8.24. The molecule has 0 unspecified atom stereocenters. The largest absolute Gasteiger partial charge is 0.366 e. The molecule has 3 rings (SSSR count). The Morgan fingerprint density at radius 1 is 1.04 bits per heavy atom. The third kappa shape index (κ3) is 4.72. The summed E-state index contributed by atoms with van der Waals surface area (Å²) in [5, 5.41) is 5.68. The number of benzene rings is 2. The molecule has 0 aliphatic rings. The number of rotatable bonds is 6. The van der Waals surface area contributed by atoms with Gasteiger partial charge in [-0.1, -0.05) is 18.2 Å². The second-order valence-electron chi connectivity index (χ2n) is 5.82. The molecule has 0 fully saturated rings. The van der Waals surface area contributed by atoms with E-state index in [-0.39, 0.29) is 23.8 Å². The number of anilines is 2. The van der Waals surface area contributed by atoms with Crippen molar-refractivity contribution in [2.75, 3.05) is 10.6 Å². The lowest BCUT2D eigenvalue weighted by Gasteiger charge is -2.08. The first-order valence-corrected chi connectivity index (χ1v) is 8.24. The van der Waals surface area contributed by atoms with Crippen LogP contribution in [-0.2, 0) is 6.54 Å². The van der Waals surface area contributed by atoms with Gasteiger partial charge in [0.15, 0.2) is 5.78 Å². The molecule has 7 heteroatoms. The van der Waals surface area contributed by atoms with Crippen LogP contribution in [0.4, 0.5) is 15.9 Å². The van der Waals surface area contributed by atoms with Crippen molar-refractivity contribution in [3.63, 3.8) is 0 Å². The van der Waals surface area contributed by atoms with E-state index in [2.05, 4.69) is 20.6 Å². The molecular formula is C20H17FN4O2. The van der Waals surface area contributed by atoms with Crippen LogP contribution in [0.3, 0.4) is 0 Å². The summed E-state index contributed by atoms with van der Waals surface area (Å²) in [6, 6.07) is 14.5. The number of Topliss-reactive ketones (excluding diaryl/α,β-unsaturated/α-hetero) is 1. The minimum atomic E-state index is -0.415. The third-order valence-electron chi connectivity index (χ3n) is 3.87. The van der Waals surface area contributed by atoms with Crippen molar-refractivity contribution in [2.24, 2.45) is 0 Å². The molecular weight excluding hydrogens is 347 g/mol. The SMILES string of the molecule is CC(=O)c1ccc(NC(=O)c2cc(NCc3ccccc3F)ncn2)cc1. The van der Waals surface area contributed by atoms with Crippen LogP contribution in [0.2, 0.25) is 0 Å². The van der Waals surface area contributed by atoms with Crippen molar-refractivity contribution in [2.45, 2.75) is 13.5 Å². The van der Waals surface area contributed by atoms with Gasteiger partial charge in [0.1, 0.15) is 23.7 Å². The van der Waals surface area contributed by atoms with Crippen molar-refractivity contribution < 1.29 is 14.0 Å². The second kappa shape index (κ2) is 8.18. The number of carbonyl (C=O) groups is 2. The van der Waals surface area contributed by atoms with Crippen LogP contribution in [0.25, 0.3) is 0 Å². The molecule has 1 heterocycles. The zero-order chi connectivity index (χ0) is 19.2. The Labute approximate surface area is 155 Å². The molecule has 1 amide bonds. The van der Waals surface area contributed by atoms with E-state index < -0.39 is 5.91 Å². The molecule has 0 saturated carbocycles. The smallest absolute Gasteiger partial charge is 0.274 e. The average molecular weight is 364 g/mol. The number of carbonyl (C=O) groups excluding carboxylic acids is 2. The maximum Gasteiger partial charge on any atom is 0.274 e. The number of nitrogens with zero attached hydrogens (tertiary/aromatic N) is 2. The van der Waals surface area contributed by atoms with Gasteiger partial charge < -0.3 is 10.6 Å². The standard InChI is InChI=1S/C20H17FN4O2/c1-13(26)14-6-8-16(9-7-14)25-20(27)18-10-19(24-12-23-18)22-11-15-4-2-3-5-17(15)21/h2-10,12H,11H2,1H3,(H,25,27)(H,22,23,24). The Bertz CT molecular complexity index is 974. The Balaban J connectivity index is 1.66. The highest BCUT2D eigenvalue weighted by Crippen LogP contribution is 2.13. The van der Waals surface area contributed by atoms with E-state index in [1.807, 2.05) is 0 Å². The fourth-order valence-electron chi connectivity index (χ4n) is 2.39. The summed E-state index contributed by atoms with van der Waals surface area (Å²) >= 11 is 0. The van der Waals surface area contributed by atoms with Gasteiger partial charge in [0.05, 0.1) is 0 Å². The Morgan fingerprint density at radius 3 is 2.48 bits per heavy atom. The molecule has 0 radical (unpaired) electrons. The molecule has 6 nitrogen and oxygen atoms in total. The quantitative estimate of drug-likeness (QED) is 0.652. The summed E-state index contributed by atoms with van der Waals surface area (Å²) in [6.07, 6.45) is 1.26. The van der Waals surface area contributed by atoms with Crippen LogP contribution in [0.15, 0.2) is 60.9 Å². The van der Waals surface area contributed by atoms with E-state index in [9.17, 15) is 14.0 Å². The summed E-state index contributed by atoms with van der Waals surface area (Å²) in [6.45, 7) is 1.71. The molecule has 0 bridgehead atoms. The number of halogens is 1. The van der Waals surface area contributed by atoms with Crippen molar-refractivity contribution in [1.82, 2.24) is 9.97 Å². The number of ketones is 1. The van der Waals surface area contributed by atoms with Gasteiger partial charge in [0, 0.05) is 29.4 Å². The maximum absolute atomic E-state index is 13.7. The molecule has 0 aliphatic heterocycles. The van der Waals surface area contributed by atoms with E-state index in [0.29, 0.717) is 22.6 Å². The molecule has 2 N–H and O–H groups in total. The Hall–Kier alpha value is -3.61.